The van der Waals surface area contributed by atoms with Crippen LogP contribution in [0.4, 0.5) is 11.4 Å². The number of nitro groups is 1. The van der Waals surface area contributed by atoms with Crippen LogP contribution in [0.5, 0.6) is 11.5 Å². The van der Waals surface area contributed by atoms with Crippen molar-refractivity contribution in [2.45, 2.75) is 26.9 Å². The van der Waals surface area contributed by atoms with Gasteiger partial charge in [0.25, 0.3) is 11.6 Å². The average molecular weight is 474 g/mol. The predicted molar refractivity (Wildman–Crippen MR) is 116 cm³/mol. The molecule has 2 rings (SSSR count). The Balaban J connectivity index is 2.34. The lowest BCUT2D eigenvalue weighted by molar-refractivity contribution is -0.384. The molecule has 0 heterocycles. The molecule has 0 saturated heterocycles. The van der Waals surface area contributed by atoms with Crippen molar-refractivity contribution >= 4 is 39.3 Å². The van der Waals surface area contributed by atoms with Crippen LogP contribution in [0.2, 0.25) is 0 Å². The van der Waals surface area contributed by atoms with Crippen LogP contribution in [0.1, 0.15) is 26.3 Å². The van der Waals surface area contributed by atoms with Gasteiger partial charge in [-0.15, -0.1) is 0 Å². The van der Waals surface area contributed by atoms with E-state index in [2.05, 4.69) is 21.2 Å². The Kier molecular flexibility index (Phi) is 7.95. The Morgan fingerprint density at radius 2 is 2.10 bits per heavy atom. The maximum atomic E-state index is 12.5. The van der Waals surface area contributed by atoms with Crippen LogP contribution in [0.25, 0.3) is 6.08 Å². The number of nitro benzene ring substituents is 1. The van der Waals surface area contributed by atoms with E-state index in [9.17, 15) is 20.2 Å². The smallest absolute Gasteiger partial charge is 0.271 e. The summed E-state index contributed by atoms with van der Waals surface area (Å²) in [6.07, 6.45) is 1.33. The van der Waals surface area contributed by atoms with E-state index in [1.807, 2.05) is 26.8 Å². The second kappa shape index (κ2) is 10.4. The third-order valence-electron chi connectivity index (χ3n) is 3.68. The normalized spacial score (nSPS) is 11.0. The average Bonchev–Trinajstić information content (AvgIpc) is 2.68. The Labute approximate surface area is 182 Å². The van der Waals surface area contributed by atoms with Gasteiger partial charge in [0, 0.05) is 17.8 Å². The van der Waals surface area contributed by atoms with Crippen LogP contribution in [-0.2, 0) is 4.79 Å². The second-order valence-corrected chi connectivity index (χ2v) is 7.22. The predicted octanol–water partition coefficient (Wildman–Crippen LogP) is 5.09. The number of non-ortho nitro benzene ring substituents is 1. The van der Waals surface area contributed by atoms with Crippen molar-refractivity contribution in [2.75, 3.05) is 11.9 Å². The highest BCUT2D eigenvalue weighted by Gasteiger charge is 2.16. The number of nitriles is 1. The van der Waals surface area contributed by atoms with Crippen LogP contribution in [0.15, 0.2) is 46.4 Å². The van der Waals surface area contributed by atoms with Crippen LogP contribution in [-0.4, -0.2) is 23.5 Å². The van der Waals surface area contributed by atoms with E-state index in [-0.39, 0.29) is 23.1 Å². The molecule has 0 aliphatic heterocycles. The van der Waals surface area contributed by atoms with Crippen molar-refractivity contribution in [2.24, 2.45) is 0 Å². The van der Waals surface area contributed by atoms with Crippen molar-refractivity contribution < 1.29 is 19.2 Å². The van der Waals surface area contributed by atoms with Crippen molar-refractivity contribution in [1.82, 2.24) is 0 Å². The molecular formula is C21H20BrN3O5. The molecule has 0 radical (unpaired) electrons. The monoisotopic (exact) mass is 473 g/mol. The van der Waals surface area contributed by atoms with Crippen molar-refractivity contribution in [3.8, 4) is 17.6 Å². The lowest BCUT2D eigenvalue weighted by Gasteiger charge is -2.17. The molecule has 1 amide bonds. The SMILES string of the molecule is CCOc1cc(/C=C(\C#N)C(=O)Nc2cccc([N+](=O)[O-])c2)cc(Br)c1OC(C)C. The standard InChI is InChI=1S/C21H20BrN3O5/c1-4-29-19-10-14(9-18(22)20(19)30-13(2)3)8-15(12-23)21(26)24-16-6-5-7-17(11-16)25(27)28/h5-11,13H,4H2,1-3H3,(H,24,26)/b15-8+. The number of rotatable bonds is 8. The number of benzene rings is 2. The number of anilines is 1. The molecule has 0 fully saturated rings. The zero-order chi connectivity index (χ0) is 22.3. The molecule has 0 unspecified atom stereocenters. The summed E-state index contributed by atoms with van der Waals surface area (Å²) >= 11 is 3.44. The van der Waals surface area contributed by atoms with Gasteiger partial charge in [0.1, 0.15) is 11.6 Å². The first-order valence-electron chi connectivity index (χ1n) is 9.05. The quantitative estimate of drug-likeness (QED) is 0.247. The number of halogens is 1. The molecular weight excluding hydrogens is 454 g/mol. The molecule has 156 valence electrons. The van der Waals surface area contributed by atoms with E-state index < -0.39 is 10.8 Å². The molecule has 0 spiro atoms. The van der Waals surface area contributed by atoms with Gasteiger partial charge in [-0.25, -0.2) is 0 Å². The van der Waals surface area contributed by atoms with Gasteiger partial charge in [-0.1, -0.05) is 6.07 Å². The summed E-state index contributed by atoms with van der Waals surface area (Å²) < 4.78 is 12.0. The topological polar surface area (TPSA) is 114 Å². The number of nitrogens with one attached hydrogen (secondary N) is 1. The van der Waals surface area contributed by atoms with E-state index in [4.69, 9.17) is 9.47 Å². The first-order chi connectivity index (χ1) is 14.2. The highest BCUT2D eigenvalue weighted by Crippen LogP contribution is 2.38. The fourth-order valence-electron chi connectivity index (χ4n) is 2.50. The highest BCUT2D eigenvalue weighted by molar-refractivity contribution is 9.10. The van der Waals surface area contributed by atoms with Gasteiger partial charge >= 0.3 is 0 Å². The Hall–Kier alpha value is -3.38. The second-order valence-electron chi connectivity index (χ2n) is 6.36. The summed E-state index contributed by atoms with van der Waals surface area (Å²) in [4.78, 5) is 22.8. The Bertz CT molecular complexity index is 1030. The molecule has 0 aliphatic carbocycles. The minimum atomic E-state index is -0.686. The minimum absolute atomic E-state index is 0.0720. The molecule has 1 N–H and O–H groups in total. The summed E-state index contributed by atoms with van der Waals surface area (Å²) in [5, 5.41) is 22.8. The largest absolute Gasteiger partial charge is 0.490 e. The molecule has 2 aromatic rings. The van der Waals surface area contributed by atoms with Gasteiger partial charge in [-0.2, -0.15) is 5.26 Å². The summed E-state index contributed by atoms with van der Waals surface area (Å²) in [6, 6.07) is 10.7. The third-order valence-corrected chi connectivity index (χ3v) is 4.27. The minimum Gasteiger partial charge on any atom is -0.490 e. The van der Waals surface area contributed by atoms with E-state index in [1.54, 1.807) is 12.1 Å². The summed E-state index contributed by atoms with van der Waals surface area (Å²) in [5.74, 6) is 0.321. The number of hydrogen-bond donors (Lipinski definition) is 1. The molecule has 0 bridgehead atoms. The Morgan fingerprint density at radius 3 is 2.70 bits per heavy atom. The zero-order valence-corrected chi connectivity index (χ0v) is 18.2. The van der Waals surface area contributed by atoms with E-state index in [0.717, 1.165) is 0 Å². The van der Waals surface area contributed by atoms with Gasteiger partial charge in [-0.3, -0.25) is 14.9 Å². The molecule has 2 aromatic carbocycles. The van der Waals surface area contributed by atoms with E-state index in [1.165, 1.54) is 30.3 Å². The molecule has 8 nitrogen and oxygen atoms in total. The molecule has 0 atom stereocenters. The van der Waals surface area contributed by atoms with Gasteiger partial charge in [-0.05, 0) is 66.5 Å². The van der Waals surface area contributed by atoms with Crippen molar-refractivity contribution in [3.63, 3.8) is 0 Å². The fourth-order valence-corrected chi connectivity index (χ4v) is 3.05. The molecule has 30 heavy (non-hydrogen) atoms. The molecule has 0 aromatic heterocycles. The van der Waals surface area contributed by atoms with E-state index >= 15 is 0 Å². The van der Waals surface area contributed by atoms with Crippen LogP contribution >= 0.6 is 15.9 Å². The number of hydrogen-bond acceptors (Lipinski definition) is 6. The third kappa shape index (κ3) is 6.06. The maximum absolute atomic E-state index is 12.5. The fraction of sp³-hybridized carbons (Fsp3) is 0.238. The van der Waals surface area contributed by atoms with Gasteiger partial charge in [0.15, 0.2) is 11.5 Å². The zero-order valence-electron chi connectivity index (χ0n) is 16.6. The molecule has 9 heteroatoms. The number of nitrogens with zero attached hydrogens (tertiary/aromatic N) is 2. The summed E-state index contributed by atoms with van der Waals surface area (Å²) in [7, 11) is 0. The maximum Gasteiger partial charge on any atom is 0.271 e. The van der Waals surface area contributed by atoms with Crippen LogP contribution in [0, 0.1) is 21.4 Å². The highest BCUT2D eigenvalue weighted by atomic mass is 79.9. The lowest BCUT2D eigenvalue weighted by atomic mass is 10.1. The number of carbonyl (C=O) groups is 1. The first kappa shape index (κ1) is 22.9. The van der Waals surface area contributed by atoms with Crippen molar-refractivity contribution in [3.05, 3.63) is 62.1 Å². The first-order valence-corrected chi connectivity index (χ1v) is 9.85. The number of carbonyl (C=O) groups excluding carboxylic acids is 1. The summed E-state index contributed by atoms with van der Waals surface area (Å²) in [5.41, 5.74) is 0.425. The van der Waals surface area contributed by atoms with Gasteiger partial charge < -0.3 is 14.8 Å². The number of ether oxygens (including phenoxy) is 2. The van der Waals surface area contributed by atoms with Crippen molar-refractivity contribution in [1.29, 1.82) is 5.26 Å². The number of amides is 1. The lowest BCUT2D eigenvalue weighted by Crippen LogP contribution is -2.13. The van der Waals surface area contributed by atoms with Crippen LogP contribution in [0.3, 0.4) is 0 Å². The van der Waals surface area contributed by atoms with Gasteiger partial charge in [0.2, 0.25) is 0 Å². The summed E-state index contributed by atoms with van der Waals surface area (Å²) in [6.45, 7) is 6.03. The molecule has 0 saturated carbocycles. The molecule has 0 aliphatic rings. The van der Waals surface area contributed by atoms with Crippen LogP contribution < -0.4 is 14.8 Å². The van der Waals surface area contributed by atoms with E-state index in [0.29, 0.717) is 28.1 Å². The van der Waals surface area contributed by atoms with Gasteiger partial charge in [0.05, 0.1) is 22.1 Å². The Morgan fingerprint density at radius 1 is 1.37 bits per heavy atom.